The van der Waals surface area contributed by atoms with Crippen LogP contribution in [0.3, 0.4) is 0 Å². The SMILES string of the molecule is COc1ccccc1CNC(=O)[C@@H]1c2c(n(C)c3ccccc23)SCC(=O)N1c1ccc(C(C)C)cc1. The number of nitrogens with zero attached hydrogens (tertiary/aromatic N) is 2. The highest BCUT2D eigenvalue weighted by molar-refractivity contribution is 8.00. The van der Waals surface area contributed by atoms with E-state index in [9.17, 15) is 9.59 Å². The van der Waals surface area contributed by atoms with E-state index >= 15 is 0 Å². The molecule has 0 bridgehead atoms. The van der Waals surface area contributed by atoms with E-state index in [0.717, 1.165) is 27.1 Å². The van der Waals surface area contributed by atoms with Gasteiger partial charge in [-0.1, -0.05) is 74.1 Å². The number of carbonyl (C=O) groups excluding carboxylic acids is 2. The number of hydrogen-bond acceptors (Lipinski definition) is 4. The zero-order chi connectivity index (χ0) is 26.1. The molecule has 1 aromatic heterocycles. The first kappa shape index (κ1) is 25.0. The normalized spacial score (nSPS) is 15.5. The summed E-state index contributed by atoms with van der Waals surface area (Å²) in [5.41, 5.74) is 4.67. The third-order valence-electron chi connectivity index (χ3n) is 6.96. The molecule has 6 nitrogen and oxygen atoms in total. The average Bonchev–Trinajstić information content (AvgIpc) is 3.09. The third kappa shape index (κ3) is 4.60. The van der Waals surface area contributed by atoms with Gasteiger partial charge < -0.3 is 14.6 Å². The largest absolute Gasteiger partial charge is 0.496 e. The minimum atomic E-state index is -0.816. The van der Waals surface area contributed by atoms with Crippen LogP contribution in [-0.4, -0.2) is 29.2 Å². The van der Waals surface area contributed by atoms with Gasteiger partial charge in [0.15, 0.2) is 0 Å². The van der Waals surface area contributed by atoms with Crippen LogP contribution in [0.1, 0.15) is 42.5 Å². The number of para-hydroxylation sites is 2. The number of nitrogens with one attached hydrogen (secondary N) is 1. The van der Waals surface area contributed by atoms with Gasteiger partial charge >= 0.3 is 0 Å². The lowest BCUT2D eigenvalue weighted by atomic mass is 10.00. The minimum absolute atomic E-state index is 0.0972. The highest BCUT2D eigenvalue weighted by Gasteiger charge is 2.39. The molecule has 37 heavy (non-hydrogen) atoms. The summed E-state index contributed by atoms with van der Waals surface area (Å²) in [6.45, 7) is 4.57. The number of aryl methyl sites for hydroxylation is 1. The standard InChI is InChI=1S/C30H31N3O3S/c1-19(2)20-13-15-22(16-14-20)33-26(34)18-37-30-27(23-10-6-7-11-24(23)32(30)3)28(33)29(35)31-17-21-9-5-8-12-25(21)36-4/h5-16,19,28H,17-18H2,1-4H3,(H,31,35)/t28-/m0/s1. The molecule has 0 unspecified atom stereocenters. The zero-order valence-electron chi connectivity index (χ0n) is 21.5. The number of ether oxygens (including phenoxy) is 1. The van der Waals surface area contributed by atoms with Crippen molar-refractivity contribution in [1.29, 1.82) is 0 Å². The average molecular weight is 514 g/mol. The Balaban J connectivity index is 1.62. The zero-order valence-corrected chi connectivity index (χ0v) is 22.3. The number of anilines is 1. The summed E-state index contributed by atoms with van der Waals surface area (Å²) in [7, 11) is 3.61. The van der Waals surface area contributed by atoms with E-state index in [1.54, 1.807) is 12.0 Å². The molecule has 0 radical (unpaired) electrons. The van der Waals surface area contributed by atoms with E-state index in [-0.39, 0.29) is 17.6 Å². The topological polar surface area (TPSA) is 63.6 Å². The van der Waals surface area contributed by atoms with E-state index in [0.29, 0.717) is 23.9 Å². The predicted octanol–water partition coefficient (Wildman–Crippen LogP) is 5.81. The number of rotatable bonds is 6. The van der Waals surface area contributed by atoms with Crippen molar-refractivity contribution in [3.8, 4) is 5.75 Å². The van der Waals surface area contributed by atoms with Crippen LogP contribution < -0.4 is 15.0 Å². The van der Waals surface area contributed by atoms with Crippen LogP contribution in [0.2, 0.25) is 0 Å². The molecule has 0 saturated carbocycles. The number of methoxy groups -OCH3 is 1. The van der Waals surface area contributed by atoms with Crippen molar-refractivity contribution >= 4 is 40.2 Å². The number of fused-ring (bicyclic) bond motifs is 3. The molecule has 5 rings (SSSR count). The summed E-state index contributed by atoms with van der Waals surface area (Å²) in [5.74, 6) is 1.00. The number of amides is 2. The van der Waals surface area contributed by atoms with E-state index in [1.807, 2.05) is 73.8 Å². The van der Waals surface area contributed by atoms with Gasteiger partial charge in [-0.15, -0.1) is 0 Å². The van der Waals surface area contributed by atoms with Gasteiger partial charge in [0, 0.05) is 41.3 Å². The van der Waals surface area contributed by atoms with Gasteiger partial charge in [0.2, 0.25) is 11.8 Å². The lowest BCUT2D eigenvalue weighted by Gasteiger charge is -2.30. The van der Waals surface area contributed by atoms with Gasteiger partial charge in [-0.05, 0) is 35.7 Å². The molecule has 0 fully saturated rings. The van der Waals surface area contributed by atoms with Gasteiger partial charge in [0.25, 0.3) is 0 Å². The molecule has 7 heteroatoms. The maximum Gasteiger partial charge on any atom is 0.248 e. The molecular weight excluding hydrogens is 482 g/mol. The molecule has 0 spiro atoms. The van der Waals surface area contributed by atoms with Crippen LogP contribution in [0.25, 0.3) is 10.9 Å². The fraction of sp³-hybridized carbons (Fsp3) is 0.267. The van der Waals surface area contributed by atoms with Crippen LogP contribution in [0.15, 0.2) is 77.8 Å². The molecular formula is C30H31N3O3S. The second-order valence-corrected chi connectivity index (χ2v) is 10.5. The molecule has 1 N–H and O–H groups in total. The van der Waals surface area contributed by atoms with E-state index < -0.39 is 6.04 Å². The maximum absolute atomic E-state index is 14.1. The van der Waals surface area contributed by atoms with Gasteiger partial charge in [-0.2, -0.15) is 0 Å². The molecule has 0 aliphatic carbocycles. The Morgan fingerprint density at radius 2 is 1.76 bits per heavy atom. The number of hydrogen-bond donors (Lipinski definition) is 1. The predicted molar refractivity (Wildman–Crippen MR) is 149 cm³/mol. The molecule has 190 valence electrons. The second-order valence-electron chi connectivity index (χ2n) is 9.53. The van der Waals surface area contributed by atoms with Gasteiger partial charge in [0.05, 0.1) is 17.9 Å². The quantitative estimate of drug-likeness (QED) is 0.354. The number of carbonyl (C=O) groups is 2. The molecule has 3 aromatic carbocycles. The summed E-state index contributed by atoms with van der Waals surface area (Å²) < 4.78 is 7.57. The molecule has 1 aliphatic rings. The summed E-state index contributed by atoms with van der Waals surface area (Å²) >= 11 is 1.49. The Morgan fingerprint density at radius 3 is 2.49 bits per heavy atom. The van der Waals surface area contributed by atoms with Crippen molar-refractivity contribution < 1.29 is 14.3 Å². The monoisotopic (exact) mass is 513 g/mol. The Hall–Kier alpha value is -3.71. The highest BCUT2D eigenvalue weighted by atomic mass is 32.2. The molecule has 1 aliphatic heterocycles. The third-order valence-corrected chi connectivity index (χ3v) is 8.11. The van der Waals surface area contributed by atoms with Crippen molar-refractivity contribution in [3.63, 3.8) is 0 Å². The Morgan fingerprint density at radius 1 is 1.05 bits per heavy atom. The van der Waals surface area contributed by atoms with Crippen molar-refractivity contribution in [1.82, 2.24) is 9.88 Å². The van der Waals surface area contributed by atoms with Crippen molar-refractivity contribution in [2.75, 3.05) is 17.8 Å². The Bertz CT molecular complexity index is 1460. The first-order valence-corrected chi connectivity index (χ1v) is 13.4. The summed E-state index contributed by atoms with van der Waals surface area (Å²) in [4.78, 5) is 29.4. The molecule has 2 heterocycles. The van der Waals surface area contributed by atoms with Crippen molar-refractivity contribution in [2.24, 2.45) is 7.05 Å². The lowest BCUT2D eigenvalue weighted by molar-refractivity contribution is -0.125. The number of benzene rings is 3. The molecule has 4 aromatic rings. The van der Waals surface area contributed by atoms with E-state index in [2.05, 4.69) is 29.8 Å². The van der Waals surface area contributed by atoms with Crippen LogP contribution in [0.4, 0.5) is 5.69 Å². The van der Waals surface area contributed by atoms with Crippen molar-refractivity contribution in [2.45, 2.75) is 37.4 Å². The van der Waals surface area contributed by atoms with Crippen LogP contribution in [0, 0.1) is 0 Å². The maximum atomic E-state index is 14.1. The number of aromatic nitrogens is 1. The van der Waals surface area contributed by atoms with Gasteiger partial charge in [0.1, 0.15) is 11.8 Å². The summed E-state index contributed by atoms with van der Waals surface area (Å²) in [6.07, 6.45) is 0. The molecule has 0 saturated heterocycles. The fourth-order valence-electron chi connectivity index (χ4n) is 5.00. The highest BCUT2D eigenvalue weighted by Crippen LogP contribution is 2.43. The van der Waals surface area contributed by atoms with Crippen molar-refractivity contribution in [3.05, 3.63) is 89.5 Å². The molecule has 2 amide bonds. The summed E-state index contributed by atoms with van der Waals surface area (Å²) in [6, 6.07) is 22.9. The summed E-state index contributed by atoms with van der Waals surface area (Å²) in [5, 5.41) is 5.02. The van der Waals surface area contributed by atoms with E-state index in [4.69, 9.17) is 4.74 Å². The van der Waals surface area contributed by atoms with E-state index in [1.165, 1.54) is 17.3 Å². The fourth-order valence-corrected chi connectivity index (χ4v) is 6.07. The first-order valence-electron chi connectivity index (χ1n) is 12.4. The van der Waals surface area contributed by atoms with Crippen LogP contribution >= 0.6 is 11.8 Å². The van der Waals surface area contributed by atoms with Crippen LogP contribution in [-0.2, 0) is 23.2 Å². The van der Waals surface area contributed by atoms with Crippen LogP contribution in [0.5, 0.6) is 5.75 Å². The number of thioether (sulfide) groups is 1. The molecule has 1 atom stereocenters. The van der Waals surface area contributed by atoms with Gasteiger partial charge in [-0.25, -0.2) is 0 Å². The minimum Gasteiger partial charge on any atom is -0.496 e. The second kappa shape index (κ2) is 10.3. The lowest BCUT2D eigenvalue weighted by Crippen LogP contribution is -2.43. The van der Waals surface area contributed by atoms with Gasteiger partial charge in [-0.3, -0.25) is 14.5 Å². The Labute approximate surface area is 221 Å². The first-order chi connectivity index (χ1) is 17.9. The smallest absolute Gasteiger partial charge is 0.248 e. The Kier molecular flexibility index (Phi) is 6.98.